The smallest absolute Gasteiger partial charge is 0.333 e. The SMILES string of the molecule is C=CCn1c(=O)c2sc(N(CC)CC)nc2n(CC(=O)Nc2ccc(Cl)cc2F)c1=O. The Morgan fingerprint density at radius 3 is 2.65 bits per heavy atom. The third kappa shape index (κ3) is 4.54. The molecule has 11 heteroatoms. The van der Waals surface area contributed by atoms with Gasteiger partial charge in [0.2, 0.25) is 5.91 Å². The fourth-order valence-corrected chi connectivity index (χ4v) is 4.36. The third-order valence-electron chi connectivity index (χ3n) is 4.61. The average molecular weight is 466 g/mol. The van der Waals surface area contributed by atoms with Gasteiger partial charge in [0, 0.05) is 24.7 Å². The first-order valence-electron chi connectivity index (χ1n) is 9.55. The van der Waals surface area contributed by atoms with E-state index in [1.807, 2.05) is 18.7 Å². The van der Waals surface area contributed by atoms with Gasteiger partial charge >= 0.3 is 5.69 Å². The van der Waals surface area contributed by atoms with Crippen LogP contribution in [0.4, 0.5) is 15.2 Å². The summed E-state index contributed by atoms with van der Waals surface area (Å²) in [5, 5.41) is 3.19. The molecular weight excluding hydrogens is 445 g/mol. The van der Waals surface area contributed by atoms with Crippen LogP contribution in [-0.4, -0.2) is 33.1 Å². The highest BCUT2D eigenvalue weighted by Crippen LogP contribution is 2.26. The van der Waals surface area contributed by atoms with E-state index < -0.39 is 29.5 Å². The summed E-state index contributed by atoms with van der Waals surface area (Å²) < 4.78 is 16.4. The topological polar surface area (TPSA) is 89.2 Å². The van der Waals surface area contributed by atoms with Crippen molar-refractivity contribution in [2.75, 3.05) is 23.3 Å². The lowest BCUT2D eigenvalue weighted by Crippen LogP contribution is -2.41. The molecule has 0 saturated heterocycles. The quantitative estimate of drug-likeness (QED) is 0.516. The Bertz CT molecular complexity index is 1260. The second kappa shape index (κ2) is 9.44. The van der Waals surface area contributed by atoms with Crippen LogP contribution in [0.1, 0.15) is 13.8 Å². The second-order valence-corrected chi connectivity index (χ2v) is 7.98. The van der Waals surface area contributed by atoms with E-state index in [9.17, 15) is 18.8 Å². The summed E-state index contributed by atoms with van der Waals surface area (Å²) in [5.74, 6) is -1.35. The Kier molecular flexibility index (Phi) is 6.91. The van der Waals surface area contributed by atoms with Gasteiger partial charge in [0.25, 0.3) is 5.56 Å². The number of amides is 1. The fraction of sp³-hybridized carbons (Fsp3) is 0.300. The number of carbonyl (C=O) groups excluding carboxylic acids is 1. The lowest BCUT2D eigenvalue weighted by atomic mass is 10.3. The summed E-state index contributed by atoms with van der Waals surface area (Å²) in [4.78, 5) is 44.8. The van der Waals surface area contributed by atoms with E-state index in [1.54, 1.807) is 0 Å². The molecule has 1 N–H and O–H groups in total. The minimum absolute atomic E-state index is 0.0143. The largest absolute Gasteiger partial charge is 0.349 e. The molecule has 164 valence electrons. The number of allylic oxidation sites excluding steroid dienone is 1. The van der Waals surface area contributed by atoms with E-state index in [2.05, 4.69) is 16.9 Å². The molecule has 0 saturated carbocycles. The summed E-state index contributed by atoms with van der Waals surface area (Å²) >= 11 is 6.89. The van der Waals surface area contributed by atoms with Crippen LogP contribution in [0.2, 0.25) is 5.02 Å². The molecular formula is C20H21ClFN5O3S. The van der Waals surface area contributed by atoms with Gasteiger partial charge in [-0.25, -0.2) is 14.2 Å². The molecule has 0 unspecified atom stereocenters. The van der Waals surface area contributed by atoms with Gasteiger partial charge in [-0.1, -0.05) is 29.0 Å². The van der Waals surface area contributed by atoms with Gasteiger partial charge in [-0.15, -0.1) is 6.58 Å². The molecule has 2 heterocycles. The lowest BCUT2D eigenvalue weighted by molar-refractivity contribution is -0.116. The van der Waals surface area contributed by atoms with E-state index in [0.29, 0.717) is 18.2 Å². The molecule has 0 aliphatic heterocycles. The van der Waals surface area contributed by atoms with Gasteiger partial charge in [-0.05, 0) is 32.0 Å². The van der Waals surface area contributed by atoms with Crippen LogP contribution in [0.25, 0.3) is 10.3 Å². The predicted molar refractivity (Wildman–Crippen MR) is 122 cm³/mol. The first kappa shape index (κ1) is 22.7. The maximum Gasteiger partial charge on any atom is 0.333 e. The van der Waals surface area contributed by atoms with E-state index in [4.69, 9.17) is 11.6 Å². The number of nitrogens with one attached hydrogen (secondary N) is 1. The molecule has 1 amide bonds. The summed E-state index contributed by atoms with van der Waals surface area (Å²) in [5.41, 5.74) is -1.13. The molecule has 2 aromatic heterocycles. The normalized spacial score (nSPS) is 11.0. The number of hydrogen-bond acceptors (Lipinski definition) is 6. The zero-order valence-corrected chi connectivity index (χ0v) is 18.6. The molecule has 0 aliphatic carbocycles. The van der Waals surface area contributed by atoms with Gasteiger partial charge in [0.05, 0.1) is 5.69 Å². The Labute approximate surface area is 186 Å². The standard InChI is InChI=1S/C20H21ClFN5O3S/c1-4-9-26-18(29)16-17(24-19(31-16)25(5-2)6-3)27(20(26)30)11-15(28)23-14-8-7-12(21)10-13(14)22/h4,7-8,10H,1,5-6,9,11H2,2-3H3,(H,23,28). The van der Waals surface area contributed by atoms with Crippen molar-refractivity contribution in [3.05, 3.63) is 62.5 Å². The fourth-order valence-electron chi connectivity index (χ4n) is 3.06. The molecule has 8 nitrogen and oxygen atoms in total. The molecule has 3 aromatic rings. The highest BCUT2D eigenvalue weighted by atomic mass is 35.5. The number of benzene rings is 1. The number of fused-ring (bicyclic) bond motifs is 1. The zero-order valence-electron chi connectivity index (χ0n) is 17.0. The first-order valence-corrected chi connectivity index (χ1v) is 10.7. The molecule has 3 rings (SSSR count). The first-order chi connectivity index (χ1) is 14.8. The number of thiazole rings is 1. The maximum atomic E-state index is 14.0. The van der Waals surface area contributed by atoms with Crippen molar-refractivity contribution in [1.29, 1.82) is 0 Å². The summed E-state index contributed by atoms with van der Waals surface area (Å²) in [6.07, 6.45) is 1.43. The molecule has 0 aliphatic rings. The number of anilines is 2. The lowest BCUT2D eigenvalue weighted by Gasteiger charge is -2.16. The van der Waals surface area contributed by atoms with E-state index >= 15 is 0 Å². The highest BCUT2D eigenvalue weighted by molar-refractivity contribution is 7.22. The minimum Gasteiger partial charge on any atom is -0.349 e. The highest BCUT2D eigenvalue weighted by Gasteiger charge is 2.21. The Hall–Kier alpha value is -2.98. The van der Waals surface area contributed by atoms with Crippen LogP contribution in [0.15, 0.2) is 40.4 Å². The Balaban J connectivity index is 2.08. The average Bonchev–Trinajstić information content (AvgIpc) is 3.17. The van der Waals surface area contributed by atoms with Crippen LogP contribution >= 0.6 is 22.9 Å². The minimum atomic E-state index is -0.701. The van der Waals surface area contributed by atoms with Crippen molar-refractivity contribution >= 4 is 50.0 Å². The van der Waals surface area contributed by atoms with Crippen molar-refractivity contribution < 1.29 is 9.18 Å². The van der Waals surface area contributed by atoms with Crippen molar-refractivity contribution in [2.24, 2.45) is 0 Å². The second-order valence-electron chi connectivity index (χ2n) is 6.57. The van der Waals surface area contributed by atoms with E-state index in [1.165, 1.54) is 18.2 Å². The molecule has 0 bridgehead atoms. The van der Waals surface area contributed by atoms with Gasteiger partial charge in [0.1, 0.15) is 17.1 Å². The van der Waals surface area contributed by atoms with E-state index in [-0.39, 0.29) is 27.6 Å². The van der Waals surface area contributed by atoms with Crippen LogP contribution in [0, 0.1) is 5.82 Å². The van der Waals surface area contributed by atoms with Crippen LogP contribution < -0.4 is 21.5 Å². The van der Waals surface area contributed by atoms with Crippen LogP contribution in [-0.2, 0) is 17.9 Å². The van der Waals surface area contributed by atoms with Gasteiger partial charge in [-0.3, -0.25) is 18.7 Å². The predicted octanol–water partition coefficient (Wildman–Crippen LogP) is 3.08. The van der Waals surface area contributed by atoms with Crippen molar-refractivity contribution in [1.82, 2.24) is 14.1 Å². The molecule has 0 atom stereocenters. The summed E-state index contributed by atoms with van der Waals surface area (Å²) in [6, 6.07) is 3.84. The van der Waals surface area contributed by atoms with Crippen LogP contribution in [0.5, 0.6) is 0 Å². The molecule has 31 heavy (non-hydrogen) atoms. The number of aromatic nitrogens is 3. The molecule has 0 radical (unpaired) electrons. The van der Waals surface area contributed by atoms with Crippen molar-refractivity contribution in [2.45, 2.75) is 26.9 Å². The summed E-state index contributed by atoms with van der Waals surface area (Å²) in [6.45, 7) is 8.35. The third-order valence-corrected chi connectivity index (χ3v) is 5.94. The molecule has 1 aromatic carbocycles. The number of hydrogen-bond donors (Lipinski definition) is 1. The Morgan fingerprint density at radius 1 is 1.32 bits per heavy atom. The van der Waals surface area contributed by atoms with Crippen molar-refractivity contribution in [3.8, 4) is 0 Å². The number of rotatable bonds is 8. The molecule has 0 spiro atoms. The maximum absolute atomic E-state index is 14.0. The van der Waals surface area contributed by atoms with E-state index in [0.717, 1.165) is 26.5 Å². The number of carbonyl (C=O) groups is 1. The number of nitrogens with zero attached hydrogens (tertiary/aromatic N) is 4. The zero-order chi connectivity index (χ0) is 22.7. The van der Waals surface area contributed by atoms with Crippen LogP contribution in [0.3, 0.4) is 0 Å². The van der Waals surface area contributed by atoms with Gasteiger partial charge < -0.3 is 10.2 Å². The Morgan fingerprint density at radius 2 is 2.03 bits per heavy atom. The molecule has 0 fully saturated rings. The number of halogens is 2. The summed E-state index contributed by atoms with van der Waals surface area (Å²) in [7, 11) is 0. The van der Waals surface area contributed by atoms with Crippen molar-refractivity contribution in [3.63, 3.8) is 0 Å². The monoisotopic (exact) mass is 465 g/mol. The van der Waals surface area contributed by atoms with Gasteiger partial charge in [0.15, 0.2) is 10.8 Å². The van der Waals surface area contributed by atoms with Gasteiger partial charge in [-0.2, -0.15) is 0 Å².